The van der Waals surface area contributed by atoms with E-state index in [9.17, 15) is 14.4 Å². The van der Waals surface area contributed by atoms with Crippen molar-refractivity contribution in [3.63, 3.8) is 0 Å². The number of piperidine rings is 2. The zero-order chi connectivity index (χ0) is 20.9. The highest BCUT2D eigenvalue weighted by atomic mass is 16.2. The minimum Gasteiger partial charge on any atom is -0.322 e. The number of benzene rings is 1. The number of fused-ring (bicyclic) bond motifs is 3. The smallest absolute Gasteiger partial charge is 0.255 e. The van der Waals surface area contributed by atoms with Crippen molar-refractivity contribution in [3.8, 4) is 0 Å². The summed E-state index contributed by atoms with van der Waals surface area (Å²) in [6.07, 6.45) is 5.72. The summed E-state index contributed by atoms with van der Waals surface area (Å²) in [5.41, 5.74) is 3.00. The molecule has 7 heteroatoms. The molecule has 3 unspecified atom stereocenters. The highest BCUT2D eigenvalue weighted by Crippen LogP contribution is 2.38. The molecule has 1 aromatic carbocycles. The summed E-state index contributed by atoms with van der Waals surface area (Å²) in [4.78, 5) is 41.3. The Morgan fingerprint density at radius 3 is 2.90 bits per heavy atom. The Balaban J connectivity index is 1.36. The second-order valence-corrected chi connectivity index (χ2v) is 9.51. The first-order valence-corrected chi connectivity index (χ1v) is 11.1. The van der Waals surface area contributed by atoms with Gasteiger partial charge in [-0.15, -0.1) is 0 Å². The van der Waals surface area contributed by atoms with Gasteiger partial charge in [0.15, 0.2) is 0 Å². The van der Waals surface area contributed by atoms with Crippen molar-refractivity contribution < 1.29 is 14.4 Å². The second kappa shape index (κ2) is 7.46. The first-order valence-electron chi connectivity index (χ1n) is 11.1. The maximum atomic E-state index is 13.3. The van der Waals surface area contributed by atoms with E-state index in [1.807, 2.05) is 12.1 Å². The van der Waals surface area contributed by atoms with E-state index in [1.165, 1.54) is 25.7 Å². The third-order valence-corrected chi connectivity index (χ3v) is 7.55. The lowest BCUT2D eigenvalue weighted by Gasteiger charge is -2.50. The average Bonchev–Trinajstić information content (AvgIpc) is 3.05. The molecule has 3 amide bonds. The third-order valence-electron chi connectivity index (χ3n) is 7.55. The standard InChI is InChI=1S/C23H30N4O3/c1-24-23-9-3-4-15(10-23)11-26(14-23)12-16-5-2-6-17-13-27(22(30)20(16)17)18-7-8-19(28)25-21(18)29/h2,5-6,15,18,24H,3-4,7-14H2,1H3,(H,25,28,29). The fourth-order valence-corrected chi connectivity index (χ4v) is 6.13. The summed E-state index contributed by atoms with van der Waals surface area (Å²) in [5.74, 6) is 0.0343. The number of nitrogens with one attached hydrogen (secondary N) is 2. The van der Waals surface area contributed by atoms with Crippen LogP contribution in [0.3, 0.4) is 0 Å². The van der Waals surface area contributed by atoms with Crippen LogP contribution < -0.4 is 10.6 Å². The van der Waals surface area contributed by atoms with Gasteiger partial charge in [-0.1, -0.05) is 24.6 Å². The van der Waals surface area contributed by atoms with Crippen molar-refractivity contribution in [3.05, 3.63) is 34.9 Å². The topological polar surface area (TPSA) is 81.8 Å². The minimum atomic E-state index is -0.558. The van der Waals surface area contributed by atoms with E-state index in [0.717, 1.165) is 36.3 Å². The molecule has 3 heterocycles. The number of hydrogen-bond donors (Lipinski definition) is 2. The van der Waals surface area contributed by atoms with E-state index in [1.54, 1.807) is 4.90 Å². The molecule has 3 atom stereocenters. The van der Waals surface area contributed by atoms with Gasteiger partial charge in [0, 0.05) is 43.7 Å². The van der Waals surface area contributed by atoms with Crippen LogP contribution in [0.2, 0.25) is 0 Å². The van der Waals surface area contributed by atoms with E-state index in [2.05, 4.69) is 28.6 Å². The van der Waals surface area contributed by atoms with Crippen molar-refractivity contribution in [2.45, 2.75) is 63.2 Å². The van der Waals surface area contributed by atoms with Crippen LogP contribution in [0.5, 0.6) is 0 Å². The van der Waals surface area contributed by atoms with Gasteiger partial charge in [0.2, 0.25) is 11.8 Å². The fourth-order valence-electron chi connectivity index (χ4n) is 6.13. The zero-order valence-corrected chi connectivity index (χ0v) is 17.6. The molecule has 3 aliphatic heterocycles. The van der Waals surface area contributed by atoms with Gasteiger partial charge in [-0.2, -0.15) is 0 Å². The summed E-state index contributed by atoms with van der Waals surface area (Å²) in [7, 11) is 2.08. The SMILES string of the molecule is CNC12CCCC(CN(Cc3cccc4c3C(=O)N(C3CCC(=O)NC3=O)C4)C1)C2. The molecule has 160 valence electrons. The quantitative estimate of drug-likeness (QED) is 0.734. The Hall–Kier alpha value is -2.25. The van der Waals surface area contributed by atoms with Crippen molar-refractivity contribution in [1.82, 2.24) is 20.4 Å². The number of carbonyl (C=O) groups excluding carboxylic acids is 3. The molecular formula is C23H30N4O3. The molecule has 1 saturated carbocycles. The second-order valence-electron chi connectivity index (χ2n) is 9.51. The first kappa shape index (κ1) is 19.7. The number of likely N-dealkylation sites (N-methyl/N-ethyl adjacent to an activating group) is 1. The highest BCUT2D eigenvalue weighted by molar-refractivity contribution is 6.05. The van der Waals surface area contributed by atoms with Gasteiger partial charge in [0.1, 0.15) is 6.04 Å². The number of hydrogen-bond acceptors (Lipinski definition) is 5. The van der Waals surface area contributed by atoms with E-state index >= 15 is 0 Å². The van der Waals surface area contributed by atoms with Crippen LogP contribution in [0.4, 0.5) is 0 Å². The maximum absolute atomic E-state index is 13.3. The Bertz CT molecular complexity index is 900. The van der Waals surface area contributed by atoms with E-state index in [4.69, 9.17) is 0 Å². The maximum Gasteiger partial charge on any atom is 0.255 e. The lowest BCUT2D eigenvalue weighted by Crippen LogP contribution is -2.59. The Labute approximate surface area is 177 Å². The molecule has 2 bridgehead atoms. The summed E-state index contributed by atoms with van der Waals surface area (Å²) >= 11 is 0. The van der Waals surface area contributed by atoms with Crippen LogP contribution in [-0.4, -0.2) is 59.2 Å². The van der Waals surface area contributed by atoms with Crippen molar-refractivity contribution in [1.29, 1.82) is 0 Å². The number of rotatable bonds is 4. The van der Waals surface area contributed by atoms with Crippen LogP contribution in [0.1, 0.15) is 60.0 Å². The molecule has 2 N–H and O–H groups in total. The fraction of sp³-hybridized carbons (Fsp3) is 0.609. The molecule has 5 rings (SSSR count). The molecule has 30 heavy (non-hydrogen) atoms. The molecule has 4 aliphatic rings. The normalized spacial score (nSPS) is 31.6. The largest absolute Gasteiger partial charge is 0.322 e. The lowest BCUT2D eigenvalue weighted by molar-refractivity contribution is -0.136. The highest BCUT2D eigenvalue weighted by Gasteiger charge is 2.43. The van der Waals surface area contributed by atoms with Crippen LogP contribution in [-0.2, 0) is 22.7 Å². The van der Waals surface area contributed by atoms with Crippen molar-refractivity contribution in [2.75, 3.05) is 20.1 Å². The molecule has 1 aromatic rings. The van der Waals surface area contributed by atoms with Crippen molar-refractivity contribution >= 4 is 17.7 Å². The van der Waals surface area contributed by atoms with Crippen LogP contribution in [0.25, 0.3) is 0 Å². The van der Waals surface area contributed by atoms with Gasteiger partial charge in [0.25, 0.3) is 5.91 Å². The number of amides is 3. The zero-order valence-electron chi connectivity index (χ0n) is 17.6. The summed E-state index contributed by atoms with van der Waals surface area (Å²) in [6.45, 7) is 3.29. The van der Waals surface area contributed by atoms with Gasteiger partial charge in [-0.05, 0) is 49.8 Å². The minimum absolute atomic E-state index is 0.0735. The van der Waals surface area contributed by atoms with Crippen molar-refractivity contribution in [2.24, 2.45) is 5.92 Å². The molecular weight excluding hydrogens is 380 g/mol. The molecule has 3 fully saturated rings. The summed E-state index contributed by atoms with van der Waals surface area (Å²) in [5, 5.41) is 5.98. The molecule has 1 aliphatic carbocycles. The van der Waals surface area contributed by atoms with E-state index in [-0.39, 0.29) is 29.7 Å². The number of carbonyl (C=O) groups is 3. The predicted molar refractivity (Wildman–Crippen MR) is 112 cm³/mol. The van der Waals surface area contributed by atoms with Crippen LogP contribution in [0.15, 0.2) is 18.2 Å². The molecule has 7 nitrogen and oxygen atoms in total. The lowest BCUT2D eigenvalue weighted by atomic mass is 9.72. The first-order chi connectivity index (χ1) is 14.5. The molecule has 0 aromatic heterocycles. The predicted octanol–water partition coefficient (Wildman–Crippen LogP) is 1.41. The number of nitrogens with zero attached hydrogens (tertiary/aromatic N) is 2. The Kier molecular flexibility index (Phi) is 4.90. The van der Waals surface area contributed by atoms with E-state index in [0.29, 0.717) is 18.9 Å². The van der Waals surface area contributed by atoms with Gasteiger partial charge in [0.05, 0.1) is 0 Å². The van der Waals surface area contributed by atoms with Gasteiger partial charge >= 0.3 is 0 Å². The number of likely N-dealkylation sites (tertiary alicyclic amines) is 1. The van der Waals surface area contributed by atoms with Gasteiger partial charge < -0.3 is 10.2 Å². The number of imide groups is 1. The molecule has 2 saturated heterocycles. The van der Waals surface area contributed by atoms with Gasteiger partial charge in [-0.25, -0.2) is 0 Å². The Morgan fingerprint density at radius 1 is 1.23 bits per heavy atom. The van der Waals surface area contributed by atoms with Crippen LogP contribution >= 0.6 is 0 Å². The Morgan fingerprint density at radius 2 is 2.10 bits per heavy atom. The summed E-state index contributed by atoms with van der Waals surface area (Å²) < 4.78 is 0. The van der Waals surface area contributed by atoms with E-state index < -0.39 is 6.04 Å². The monoisotopic (exact) mass is 410 g/mol. The average molecular weight is 411 g/mol. The molecule has 0 radical (unpaired) electrons. The third kappa shape index (κ3) is 3.34. The molecule has 0 spiro atoms. The summed E-state index contributed by atoms with van der Waals surface area (Å²) in [6, 6.07) is 5.51. The van der Waals surface area contributed by atoms with Gasteiger partial charge in [-0.3, -0.25) is 24.6 Å². The van der Waals surface area contributed by atoms with Crippen LogP contribution in [0, 0.1) is 5.92 Å².